The van der Waals surface area contributed by atoms with Crippen molar-refractivity contribution in [2.75, 3.05) is 18.6 Å². The van der Waals surface area contributed by atoms with E-state index in [4.69, 9.17) is 4.74 Å². The van der Waals surface area contributed by atoms with E-state index in [2.05, 4.69) is 5.32 Å². The number of imide groups is 1. The molecular weight excluding hydrogens is 394 g/mol. The highest BCUT2D eigenvalue weighted by molar-refractivity contribution is 6.10. The second-order valence-corrected chi connectivity index (χ2v) is 8.45. The molecule has 162 valence electrons. The van der Waals surface area contributed by atoms with Gasteiger partial charge in [0, 0.05) is 11.7 Å². The standard InChI is InChI=1S/C24H27N3O4/c1-16-14-18-6-4-5-7-20(18)27(16)21(28)15-26-22(29)24(2,25-23(26)30)13-12-17-8-10-19(31-3)11-9-17/h4-11,16H,12-15H2,1-3H3,(H,25,30)/t16-,24+/m1/s1. The number of rotatable bonds is 6. The Labute approximate surface area is 182 Å². The third-order valence-corrected chi connectivity index (χ3v) is 6.19. The number of aryl methyl sites for hydroxylation is 1. The van der Waals surface area contributed by atoms with Crippen molar-refractivity contribution < 1.29 is 19.1 Å². The van der Waals surface area contributed by atoms with E-state index in [9.17, 15) is 14.4 Å². The van der Waals surface area contributed by atoms with Crippen molar-refractivity contribution in [3.8, 4) is 5.75 Å². The molecule has 31 heavy (non-hydrogen) atoms. The smallest absolute Gasteiger partial charge is 0.325 e. The van der Waals surface area contributed by atoms with Crippen LogP contribution in [-0.2, 0) is 22.4 Å². The molecule has 4 amide bonds. The van der Waals surface area contributed by atoms with Crippen LogP contribution in [0.4, 0.5) is 10.5 Å². The summed E-state index contributed by atoms with van der Waals surface area (Å²) in [5.41, 5.74) is 1.96. The highest BCUT2D eigenvalue weighted by Crippen LogP contribution is 2.32. The molecule has 2 aromatic rings. The maximum Gasteiger partial charge on any atom is 0.325 e. The maximum atomic E-state index is 13.1. The first kappa shape index (κ1) is 20.9. The number of ether oxygens (including phenoxy) is 1. The second kappa shape index (κ2) is 8.06. The number of methoxy groups -OCH3 is 1. The van der Waals surface area contributed by atoms with Crippen molar-refractivity contribution in [1.29, 1.82) is 0 Å². The molecule has 0 saturated carbocycles. The zero-order valence-corrected chi connectivity index (χ0v) is 18.1. The molecule has 0 bridgehead atoms. The van der Waals surface area contributed by atoms with Gasteiger partial charge in [-0.1, -0.05) is 30.3 Å². The van der Waals surface area contributed by atoms with Crippen molar-refractivity contribution >= 4 is 23.5 Å². The van der Waals surface area contributed by atoms with Gasteiger partial charge in [-0.05, 0) is 62.4 Å². The summed E-state index contributed by atoms with van der Waals surface area (Å²) in [5, 5.41) is 2.79. The number of para-hydroxylation sites is 1. The van der Waals surface area contributed by atoms with Gasteiger partial charge in [0.1, 0.15) is 17.8 Å². The summed E-state index contributed by atoms with van der Waals surface area (Å²) in [6.07, 6.45) is 1.82. The monoisotopic (exact) mass is 421 g/mol. The Kier molecular flexibility index (Phi) is 5.43. The number of carbonyl (C=O) groups is 3. The number of benzene rings is 2. The molecule has 2 heterocycles. The van der Waals surface area contributed by atoms with Gasteiger partial charge in [-0.3, -0.25) is 14.5 Å². The zero-order chi connectivity index (χ0) is 22.2. The molecule has 1 N–H and O–H groups in total. The predicted octanol–water partition coefficient (Wildman–Crippen LogP) is 2.92. The number of fused-ring (bicyclic) bond motifs is 1. The molecule has 2 atom stereocenters. The fraction of sp³-hybridized carbons (Fsp3) is 0.375. The van der Waals surface area contributed by atoms with Crippen LogP contribution in [0.25, 0.3) is 0 Å². The normalized spacial score (nSPS) is 22.5. The predicted molar refractivity (Wildman–Crippen MR) is 117 cm³/mol. The fourth-order valence-corrected chi connectivity index (χ4v) is 4.40. The van der Waals surface area contributed by atoms with E-state index in [0.717, 1.165) is 33.9 Å². The summed E-state index contributed by atoms with van der Waals surface area (Å²) in [7, 11) is 1.61. The van der Waals surface area contributed by atoms with E-state index in [-0.39, 0.29) is 24.4 Å². The molecule has 0 spiro atoms. The lowest BCUT2D eigenvalue weighted by molar-refractivity contribution is -0.134. The maximum absolute atomic E-state index is 13.1. The first-order chi connectivity index (χ1) is 14.8. The first-order valence-electron chi connectivity index (χ1n) is 10.5. The average molecular weight is 421 g/mol. The average Bonchev–Trinajstić information content (AvgIpc) is 3.21. The van der Waals surface area contributed by atoms with E-state index in [1.54, 1.807) is 18.9 Å². The lowest BCUT2D eigenvalue weighted by Gasteiger charge is -2.25. The van der Waals surface area contributed by atoms with E-state index in [0.29, 0.717) is 12.8 Å². The lowest BCUT2D eigenvalue weighted by atomic mass is 9.93. The quantitative estimate of drug-likeness (QED) is 0.728. The van der Waals surface area contributed by atoms with Gasteiger partial charge >= 0.3 is 6.03 Å². The summed E-state index contributed by atoms with van der Waals surface area (Å²) in [4.78, 5) is 41.5. The number of carbonyl (C=O) groups excluding carboxylic acids is 3. The lowest BCUT2D eigenvalue weighted by Crippen LogP contribution is -2.47. The Morgan fingerprint density at radius 3 is 2.58 bits per heavy atom. The minimum Gasteiger partial charge on any atom is -0.497 e. The van der Waals surface area contributed by atoms with Crippen molar-refractivity contribution in [3.05, 3.63) is 59.7 Å². The summed E-state index contributed by atoms with van der Waals surface area (Å²) in [5.74, 6) is 0.155. The third-order valence-electron chi connectivity index (χ3n) is 6.19. The highest BCUT2D eigenvalue weighted by Gasteiger charge is 2.48. The number of amides is 4. The van der Waals surface area contributed by atoms with Gasteiger partial charge in [-0.25, -0.2) is 4.79 Å². The molecular formula is C24H27N3O4. The molecule has 7 nitrogen and oxygen atoms in total. The zero-order valence-electron chi connectivity index (χ0n) is 18.1. The van der Waals surface area contributed by atoms with Crippen molar-refractivity contribution in [2.45, 2.75) is 44.7 Å². The van der Waals surface area contributed by atoms with E-state index in [1.165, 1.54) is 0 Å². The Balaban J connectivity index is 1.43. The Bertz CT molecular complexity index is 1020. The van der Waals surface area contributed by atoms with Crippen LogP contribution >= 0.6 is 0 Å². The van der Waals surface area contributed by atoms with Crippen LogP contribution < -0.4 is 15.0 Å². The SMILES string of the molecule is COc1ccc(CC[C@]2(C)NC(=O)N(CC(=O)N3c4ccccc4C[C@H]3C)C2=O)cc1. The van der Waals surface area contributed by atoms with Crippen LogP contribution in [0.5, 0.6) is 5.75 Å². The molecule has 0 aromatic heterocycles. The minimum atomic E-state index is -1.04. The van der Waals surface area contributed by atoms with E-state index < -0.39 is 11.6 Å². The Morgan fingerprint density at radius 2 is 1.87 bits per heavy atom. The number of hydrogen-bond acceptors (Lipinski definition) is 4. The largest absolute Gasteiger partial charge is 0.497 e. The van der Waals surface area contributed by atoms with Crippen LogP contribution in [0.2, 0.25) is 0 Å². The van der Waals surface area contributed by atoms with Crippen LogP contribution in [-0.4, -0.2) is 48.0 Å². The number of urea groups is 1. The van der Waals surface area contributed by atoms with Gasteiger partial charge < -0.3 is 15.0 Å². The number of nitrogens with one attached hydrogen (secondary N) is 1. The first-order valence-corrected chi connectivity index (χ1v) is 10.5. The van der Waals surface area contributed by atoms with Crippen LogP contribution in [0.1, 0.15) is 31.4 Å². The van der Waals surface area contributed by atoms with Crippen LogP contribution in [0.3, 0.4) is 0 Å². The van der Waals surface area contributed by atoms with Gasteiger partial charge in [0.25, 0.3) is 5.91 Å². The summed E-state index contributed by atoms with van der Waals surface area (Å²) >= 11 is 0. The molecule has 2 aromatic carbocycles. The van der Waals surface area contributed by atoms with Gasteiger partial charge in [-0.15, -0.1) is 0 Å². The molecule has 4 rings (SSSR count). The summed E-state index contributed by atoms with van der Waals surface area (Å²) in [6, 6.07) is 14.8. The van der Waals surface area contributed by atoms with Crippen LogP contribution in [0, 0.1) is 0 Å². The number of anilines is 1. The van der Waals surface area contributed by atoms with Crippen LogP contribution in [0.15, 0.2) is 48.5 Å². The molecule has 7 heteroatoms. The molecule has 0 aliphatic carbocycles. The highest BCUT2D eigenvalue weighted by atomic mass is 16.5. The minimum absolute atomic E-state index is 0.00729. The van der Waals surface area contributed by atoms with E-state index in [1.807, 2.05) is 55.5 Å². The molecule has 0 unspecified atom stereocenters. The van der Waals surface area contributed by atoms with Gasteiger partial charge in [0.2, 0.25) is 5.91 Å². The Hall–Kier alpha value is -3.35. The molecule has 0 radical (unpaired) electrons. The van der Waals surface area contributed by atoms with Crippen molar-refractivity contribution in [1.82, 2.24) is 10.2 Å². The second-order valence-electron chi connectivity index (χ2n) is 8.45. The van der Waals surface area contributed by atoms with Crippen molar-refractivity contribution in [2.24, 2.45) is 0 Å². The van der Waals surface area contributed by atoms with Gasteiger partial charge in [0.05, 0.1) is 7.11 Å². The Morgan fingerprint density at radius 1 is 1.16 bits per heavy atom. The third kappa shape index (κ3) is 3.87. The molecule has 1 saturated heterocycles. The molecule has 2 aliphatic heterocycles. The van der Waals surface area contributed by atoms with Crippen molar-refractivity contribution in [3.63, 3.8) is 0 Å². The summed E-state index contributed by atoms with van der Waals surface area (Å²) < 4.78 is 5.17. The number of nitrogens with zero attached hydrogens (tertiary/aromatic N) is 2. The summed E-state index contributed by atoms with van der Waals surface area (Å²) in [6.45, 7) is 3.43. The van der Waals surface area contributed by atoms with Gasteiger partial charge in [-0.2, -0.15) is 0 Å². The number of hydrogen-bond donors (Lipinski definition) is 1. The molecule has 2 aliphatic rings. The fourth-order valence-electron chi connectivity index (χ4n) is 4.40. The molecule has 1 fully saturated rings. The topological polar surface area (TPSA) is 79.0 Å². The van der Waals surface area contributed by atoms with Gasteiger partial charge in [0.15, 0.2) is 0 Å². The van der Waals surface area contributed by atoms with E-state index >= 15 is 0 Å².